The summed E-state index contributed by atoms with van der Waals surface area (Å²) in [5, 5.41) is 12.6. The average Bonchev–Trinajstić information content (AvgIpc) is 2.52. The van der Waals surface area contributed by atoms with Crippen LogP contribution in [0.5, 0.6) is 0 Å². The van der Waals surface area contributed by atoms with Crippen molar-refractivity contribution in [3.63, 3.8) is 0 Å². The SMILES string of the molecule is Cn1nnnc1Sc1cncc(Cl)n1. The second-order valence-electron chi connectivity index (χ2n) is 2.37. The van der Waals surface area contributed by atoms with E-state index in [0.717, 1.165) is 0 Å². The van der Waals surface area contributed by atoms with Crippen LogP contribution < -0.4 is 0 Å². The van der Waals surface area contributed by atoms with Gasteiger partial charge in [0.15, 0.2) is 0 Å². The molecule has 0 aliphatic carbocycles. The van der Waals surface area contributed by atoms with Crippen LogP contribution in [-0.2, 0) is 7.05 Å². The maximum Gasteiger partial charge on any atom is 0.215 e. The molecule has 14 heavy (non-hydrogen) atoms. The van der Waals surface area contributed by atoms with Crippen molar-refractivity contribution in [1.29, 1.82) is 0 Å². The predicted octanol–water partition coefficient (Wildman–Crippen LogP) is 0.805. The van der Waals surface area contributed by atoms with Crippen LogP contribution in [0.1, 0.15) is 0 Å². The highest BCUT2D eigenvalue weighted by molar-refractivity contribution is 7.99. The van der Waals surface area contributed by atoms with Crippen molar-refractivity contribution in [3.05, 3.63) is 17.5 Å². The molecule has 0 unspecified atom stereocenters. The third-order valence-electron chi connectivity index (χ3n) is 1.36. The van der Waals surface area contributed by atoms with Crippen LogP contribution in [0.4, 0.5) is 0 Å². The third-order valence-corrected chi connectivity index (χ3v) is 2.48. The fraction of sp³-hybridized carbons (Fsp3) is 0.167. The van der Waals surface area contributed by atoms with Gasteiger partial charge in [-0.2, -0.15) is 0 Å². The highest BCUT2D eigenvalue weighted by Crippen LogP contribution is 2.22. The van der Waals surface area contributed by atoms with Crippen molar-refractivity contribution in [2.24, 2.45) is 7.05 Å². The van der Waals surface area contributed by atoms with E-state index in [1.807, 2.05) is 0 Å². The molecule has 2 aromatic rings. The zero-order chi connectivity index (χ0) is 9.97. The summed E-state index contributed by atoms with van der Waals surface area (Å²) in [6, 6.07) is 0. The molecule has 0 fully saturated rings. The average molecular weight is 229 g/mol. The van der Waals surface area contributed by atoms with Gasteiger partial charge in [0.1, 0.15) is 10.2 Å². The van der Waals surface area contributed by atoms with Crippen LogP contribution in [0.25, 0.3) is 0 Å². The lowest BCUT2D eigenvalue weighted by molar-refractivity contribution is 0.664. The lowest BCUT2D eigenvalue weighted by atomic mass is 10.8. The molecule has 0 atom stereocenters. The van der Waals surface area contributed by atoms with Crippen molar-refractivity contribution in [2.45, 2.75) is 10.2 Å². The summed E-state index contributed by atoms with van der Waals surface area (Å²) in [5.74, 6) is 0. The van der Waals surface area contributed by atoms with E-state index in [4.69, 9.17) is 11.6 Å². The first kappa shape index (κ1) is 9.35. The number of aromatic nitrogens is 6. The maximum atomic E-state index is 5.68. The van der Waals surface area contributed by atoms with Gasteiger partial charge >= 0.3 is 0 Å². The predicted molar refractivity (Wildman–Crippen MR) is 50.0 cm³/mol. The Hall–Kier alpha value is -1.21. The number of rotatable bonds is 2. The minimum atomic E-state index is 0.352. The second-order valence-corrected chi connectivity index (χ2v) is 3.74. The van der Waals surface area contributed by atoms with Gasteiger partial charge in [-0.3, -0.25) is 4.98 Å². The first-order chi connectivity index (χ1) is 6.75. The van der Waals surface area contributed by atoms with E-state index in [1.165, 1.54) is 18.0 Å². The number of nitrogens with zero attached hydrogens (tertiary/aromatic N) is 6. The van der Waals surface area contributed by atoms with Gasteiger partial charge in [-0.1, -0.05) is 11.6 Å². The molecular weight excluding hydrogens is 224 g/mol. The van der Waals surface area contributed by atoms with Crippen molar-refractivity contribution < 1.29 is 0 Å². The van der Waals surface area contributed by atoms with Crippen LogP contribution >= 0.6 is 23.4 Å². The Labute approximate surface area is 88.7 Å². The molecule has 0 spiro atoms. The molecule has 2 heterocycles. The first-order valence-corrected chi connectivity index (χ1v) is 4.83. The lowest BCUT2D eigenvalue weighted by Gasteiger charge is -1.97. The zero-order valence-electron chi connectivity index (χ0n) is 7.12. The van der Waals surface area contributed by atoms with Gasteiger partial charge in [-0.25, -0.2) is 9.67 Å². The Morgan fingerprint density at radius 2 is 2.29 bits per heavy atom. The molecule has 0 N–H and O–H groups in total. The summed E-state index contributed by atoms with van der Waals surface area (Å²) in [5.41, 5.74) is 0. The van der Waals surface area contributed by atoms with Gasteiger partial charge in [0.2, 0.25) is 5.16 Å². The van der Waals surface area contributed by atoms with E-state index in [-0.39, 0.29) is 0 Å². The highest BCUT2D eigenvalue weighted by Gasteiger charge is 2.06. The Balaban J connectivity index is 2.23. The van der Waals surface area contributed by atoms with Crippen LogP contribution in [0.15, 0.2) is 22.6 Å². The summed E-state index contributed by atoms with van der Waals surface area (Å²) in [4.78, 5) is 7.95. The van der Waals surface area contributed by atoms with Gasteiger partial charge in [0.05, 0.1) is 12.4 Å². The van der Waals surface area contributed by atoms with Crippen molar-refractivity contribution >= 4 is 23.4 Å². The quantitative estimate of drug-likeness (QED) is 0.758. The smallest absolute Gasteiger partial charge is 0.215 e. The van der Waals surface area contributed by atoms with Crippen LogP contribution in [-0.4, -0.2) is 30.2 Å². The Morgan fingerprint density at radius 1 is 1.43 bits per heavy atom. The first-order valence-electron chi connectivity index (χ1n) is 3.63. The number of aryl methyl sites for hydroxylation is 1. The third kappa shape index (κ3) is 1.99. The molecule has 2 rings (SSSR count). The maximum absolute atomic E-state index is 5.68. The number of tetrazole rings is 1. The number of hydrogen-bond acceptors (Lipinski definition) is 6. The fourth-order valence-corrected chi connectivity index (χ4v) is 1.66. The minimum Gasteiger partial charge on any atom is -0.259 e. The highest BCUT2D eigenvalue weighted by atomic mass is 35.5. The lowest BCUT2D eigenvalue weighted by Crippen LogP contribution is -1.93. The number of hydrogen-bond donors (Lipinski definition) is 0. The van der Waals surface area contributed by atoms with Gasteiger partial charge in [0.25, 0.3) is 0 Å². The van der Waals surface area contributed by atoms with E-state index >= 15 is 0 Å². The fourth-order valence-electron chi connectivity index (χ4n) is 0.776. The summed E-state index contributed by atoms with van der Waals surface area (Å²) in [7, 11) is 1.75. The molecule has 0 aromatic carbocycles. The normalized spacial score (nSPS) is 10.4. The van der Waals surface area contributed by atoms with E-state index < -0.39 is 0 Å². The van der Waals surface area contributed by atoms with Gasteiger partial charge < -0.3 is 0 Å². The molecule has 6 nitrogen and oxygen atoms in total. The van der Waals surface area contributed by atoms with Crippen LogP contribution in [0, 0.1) is 0 Å². The van der Waals surface area contributed by atoms with E-state index in [9.17, 15) is 0 Å². The minimum absolute atomic E-state index is 0.352. The summed E-state index contributed by atoms with van der Waals surface area (Å²) >= 11 is 6.98. The van der Waals surface area contributed by atoms with Crippen molar-refractivity contribution in [1.82, 2.24) is 30.2 Å². The molecule has 0 bridgehead atoms. The molecule has 0 saturated heterocycles. The Kier molecular flexibility index (Phi) is 2.60. The molecule has 2 aromatic heterocycles. The van der Waals surface area contributed by atoms with E-state index in [2.05, 4.69) is 25.5 Å². The van der Waals surface area contributed by atoms with E-state index in [1.54, 1.807) is 17.9 Å². The number of halogens is 1. The monoisotopic (exact) mass is 228 g/mol. The topological polar surface area (TPSA) is 69.4 Å². The summed E-state index contributed by atoms with van der Waals surface area (Å²) < 4.78 is 1.55. The Bertz CT molecular complexity index is 443. The largest absolute Gasteiger partial charge is 0.259 e. The molecule has 0 saturated carbocycles. The molecule has 0 radical (unpaired) electrons. The molecule has 0 aliphatic rings. The molecule has 72 valence electrons. The summed E-state index contributed by atoms with van der Waals surface area (Å²) in [6.07, 6.45) is 3.08. The van der Waals surface area contributed by atoms with Gasteiger partial charge in [-0.05, 0) is 22.2 Å². The standard InChI is InChI=1S/C6H5ClN6S/c1-13-6(10-11-12-13)14-5-3-8-2-4(7)9-5/h2-3H,1H3. The van der Waals surface area contributed by atoms with Crippen LogP contribution in [0.2, 0.25) is 5.15 Å². The molecule has 0 amide bonds. The van der Waals surface area contributed by atoms with Crippen molar-refractivity contribution in [2.75, 3.05) is 0 Å². The van der Waals surface area contributed by atoms with Crippen LogP contribution in [0.3, 0.4) is 0 Å². The van der Waals surface area contributed by atoms with Gasteiger partial charge in [0, 0.05) is 7.05 Å². The van der Waals surface area contributed by atoms with Gasteiger partial charge in [-0.15, -0.1) is 5.10 Å². The zero-order valence-corrected chi connectivity index (χ0v) is 8.70. The van der Waals surface area contributed by atoms with E-state index in [0.29, 0.717) is 15.3 Å². The molecular formula is C6H5ClN6S. The molecule has 8 heteroatoms. The second kappa shape index (κ2) is 3.89. The van der Waals surface area contributed by atoms with Crippen molar-refractivity contribution in [3.8, 4) is 0 Å². The Morgan fingerprint density at radius 3 is 2.93 bits per heavy atom. The molecule has 0 aliphatic heterocycles. The summed E-state index contributed by atoms with van der Waals surface area (Å²) in [6.45, 7) is 0.